The molecule has 6 heteroatoms. The lowest BCUT2D eigenvalue weighted by molar-refractivity contribution is 0.215. The molecule has 3 aromatic rings. The van der Waals surface area contributed by atoms with Crippen molar-refractivity contribution in [3.8, 4) is 5.75 Å². The van der Waals surface area contributed by atoms with Crippen molar-refractivity contribution in [3.05, 3.63) is 59.9 Å². The summed E-state index contributed by atoms with van der Waals surface area (Å²) in [4.78, 5) is 8.83. The smallest absolute Gasteiger partial charge is 0.137 e. The summed E-state index contributed by atoms with van der Waals surface area (Å²) in [7, 11) is 0. The molecule has 1 fully saturated rings. The second kappa shape index (κ2) is 9.67. The minimum atomic E-state index is 0.0784. The third-order valence-electron chi connectivity index (χ3n) is 5.46. The number of anilines is 1. The maximum atomic E-state index is 9.14. The van der Waals surface area contributed by atoms with E-state index in [-0.39, 0.29) is 6.61 Å². The maximum Gasteiger partial charge on any atom is 0.137 e. The van der Waals surface area contributed by atoms with Crippen LogP contribution in [-0.4, -0.2) is 41.3 Å². The van der Waals surface area contributed by atoms with Crippen molar-refractivity contribution >= 4 is 16.7 Å². The van der Waals surface area contributed by atoms with Gasteiger partial charge in [-0.25, -0.2) is 9.97 Å². The molecule has 0 bridgehead atoms. The lowest BCUT2D eigenvalue weighted by atomic mass is 9.99. The van der Waals surface area contributed by atoms with Gasteiger partial charge < -0.3 is 20.5 Å². The lowest BCUT2D eigenvalue weighted by Gasteiger charge is -2.22. The van der Waals surface area contributed by atoms with Crippen molar-refractivity contribution in [2.45, 2.75) is 25.9 Å². The van der Waals surface area contributed by atoms with E-state index in [0.717, 1.165) is 60.7 Å². The summed E-state index contributed by atoms with van der Waals surface area (Å²) in [5.74, 6) is 2.33. The number of aliphatic hydroxyl groups is 1. The molecular formula is C23H28N4O2. The minimum Gasteiger partial charge on any atom is -0.493 e. The van der Waals surface area contributed by atoms with Crippen LogP contribution in [0.3, 0.4) is 0 Å². The Bertz CT molecular complexity index is 924. The average molecular weight is 393 g/mol. The van der Waals surface area contributed by atoms with Crippen molar-refractivity contribution in [1.29, 1.82) is 0 Å². The lowest BCUT2D eigenvalue weighted by Crippen LogP contribution is -2.30. The summed E-state index contributed by atoms with van der Waals surface area (Å²) >= 11 is 0. The van der Waals surface area contributed by atoms with Crippen molar-refractivity contribution in [3.63, 3.8) is 0 Å². The first-order chi connectivity index (χ1) is 14.3. The first kappa shape index (κ1) is 19.6. The van der Waals surface area contributed by atoms with Gasteiger partial charge in [0, 0.05) is 18.0 Å². The van der Waals surface area contributed by atoms with Crippen LogP contribution >= 0.6 is 0 Å². The van der Waals surface area contributed by atoms with Crippen LogP contribution in [0.25, 0.3) is 10.9 Å². The summed E-state index contributed by atoms with van der Waals surface area (Å²) in [6, 6.07) is 14.1. The Morgan fingerprint density at radius 1 is 1.03 bits per heavy atom. The molecule has 0 spiro atoms. The first-order valence-electron chi connectivity index (χ1n) is 10.3. The molecule has 0 unspecified atom stereocenters. The van der Waals surface area contributed by atoms with Gasteiger partial charge in [-0.2, -0.15) is 0 Å². The highest BCUT2D eigenvalue weighted by Crippen LogP contribution is 2.25. The number of hydrogen-bond donors (Lipinski definition) is 3. The molecule has 0 atom stereocenters. The van der Waals surface area contributed by atoms with E-state index in [4.69, 9.17) is 9.84 Å². The minimum absolute atomic E-state index is 0.0784. The third-order valence-corrected chi connectivity index (χ3v) is 5.46. The van der Waals surface area contributed by atoms with Crippen LogP contribution in [0.5, 0.6) is 5.75 Å². The number of ether oxygens (including phenoxy) is 1. The van der Waals surface area contributed by atoms with E-state index in [9.17, 15) is 0 Å². The summed E-state index contributed by atoms with van der Waals surface area (Å²) in [5.41, 5.74) is 3.04. The van der Waals surface area contributed by atoms with Crippen LogP contribution in [0.15, 0.2) is 48.8 Å². The van der Waals surface area contributed by atoms with Gasteiger partial charge in [0.1, 0.15) is 17.9 Å². The maximum absolute atomic E-state index is 9.14. The fraction of sp³-hybridized carbons (Fsp3) is 0.391. The molecule has 0 radical (unpaired) electrons. The van der Waals surface area contributed by atoms with Crippen LogP contribution in [0.2, 0.25) is 0 Å². The van der Waals surface area contributed by atoms with E-state index >= 15 is 0 Å². The predicted molar refractivity (Wildman–Crippen MR) is 115 cm³/mol. The number of hydrogen-bond acceptors (Lipinski definition) is 6. The zero-order valence-corrected chi connectivity index (χ0v) is 16.6. The standard InChI is InChI=1S/C23H28N4O2/c28-14-18-3-1-17(2-4-18)9-12-25-23-21-6-5-20(13-22(21)26-16-27-23)29-15-19-7-10-24-11-8-19/h1-6,13,16,19,24,28H,7-12,14-15H2,(H,25,26,27). The molecule has 152 valence electrons. The van der Waals surface area contributed by atoms with Gasteiger partial charge in [0.05, 0.1) is 18.7 Å². The Labute approximate surface area is 171 Å². The fourth-order valence-electron chi connectivity index (χ4n) is 3.67. The molecule has 2 heterocycles. The van der Waals surface area contributed by atoms with Crippen LogP contribution in [0, 0.1) is 5.92 Å². The van der Waals surface area contributed by atoms with Gasteiger partial charge in [-0.05, 0) is 61.5 Å². The van der Waals surface area contributed by atoms with Crippen molar-refractivity contribution in [2.24, 2.45) is 5.92 Å². The molecular weight excluding hydrogens is 364 g/mol. The molecule has 0 saturated carbocycles. The number of piperidine rings is 1. The monoisotopic (exact) mass is 392 g/mol. The van der Waals surface area contributed by atoms with Crippen LogP contribution in [-0.2, 0) is 13.0 Å². The molecule has 1 saturated heterocycles. The largest absolute Gasteiger partial charge is 0.493 e. The molecule has 1 aliphatic rings. The third kappa shape index (κ3) is 5.22. The van der Waals surface area contributed by atoms with Gasteiger partial charge in [0.25, 0.3) is 0 Å². The van der Waals surface area contributed by atoms with Crippen molar-refractivity contribution < 1.29 is 9.84 Å². The number of fused-ring (bicyclic) bond motifs is 1. The van der Waals surface area contributed by atoms with E-state index < -0.39 is 0 Å². The van der Waals surface area contributed by atoms with E-state index in [2.05, 4.69) is 32.7 Å². The topological polar surface area (TPSA) is 79.3 Å². The highest BCUT2D eigenvalue weighted by molar-refractivity contribution is 5.89. The average Bonchev–Trinajstić information content (AvgIpc) is 2.79. The molecule has 1 aliphatic heterocycles. The molecule has 0 aliphatic carbocycles. The Kier molecular flexibility index (Phi) is 6.54. The number of nitrogens with one attached hydrogen (secondary N) is 2. The van der Waals surface area contributed by atoms with E-state index in [1.165, 1.54) is 18.4 Å². The highest BCUT2D eigenvalue weighted by atomic mass is 16.5. The van der Waals surface area contributed by atoms with Crippen LogP contribution in [0.1, 0.15) is 24.0 Å². The number of benzene rings is 2. The number of aromatic nitrogens is 2. The Hall–Kier alpha value is -2.70. The molecule has 2 aromatic carbocycles. The SMILES string of the molecule is OCc1ccc(CCNc2ncnc3cc(OCC4CCNCC4)ccc23)cc1. The Balaban J connectivity index is 1.36. The number of nitrogens with zero attached hydrogens (tertiary/aromatic N) is 2. The quantitative estimate of drug-likeness (QED) is 0.547. The Morgan fingerprint density at radius 2 is 1.83 bits per heavy atom. The zero-order chi connectivity index (χ0) is 19.9. The predicted octanol–water partition coefficient (Wildman–Crippen LogP) is 3.16. The summed E-state index contributed by atoms with van der Waals surface area (Å²) in [6.45, 7) is 3.78. The van der Waals surface area contributed by atoms with Crippen LogP contribution in [0.4, 0.5) is 5.82 Å². The van der Waals surface area contributed by atoms with Gasteiger partial charge in [-0.1, -0.05) is 24.3 Å². The summed E-state index contributed by atoms with van der Waals surface area (Å²) in [6.07, 6.45) is 4.82. The molecule has 4 rings (SSSR count). The molecule has 6 nitrogen and oxygen atoms in total. The van der Waals surface area contributed by atoms with Gasteiger partial charge in [-0.15, -0.1) is 0 Å². The van der Waals surface area contributed by atoms with Gasteiger partial charge >= 0.3 is 0 Å². The molecule has 3 N–H and O–H groups in total. The van der Waals surface area contributed by atoms with E-state index in [1.807, 2.05) is 30.3 Å². The van der Waals surface area contributed by atoms with Gasteiger partial charge in [0.2, 0.25) is 0 Å². The zero-order valence-electron chi connectivity index (χ0n) is 16.6. The van der Waals surface area contributed by atoms with Crippen molar-refractivity contribution in [1.82, 2.24) is 15.3 Å². The van der Waals surface area contributed by atoms with Gasteiger partial charge in [0.15, 0.2) is 0 Å². The Morgan fingerprint density at radius 3 is 2.62 bits per heavy atom. The highest BCUT2D eigenvalue weighted by Gasteiger charge is 2.14. The number of rotatable bonds is 8. The normalized spacial score (nSPS) is 14.8. The van der Waals surface area contributed by atoms with Crippen molar-refractivity contribution in [2.75, 3.05) is 31.6 Å². The molecule has 0 amide bonds. The number of aliphatic hydroxyl groups excluding tert-OH is 1. The summed E-state index contributed by atoms with van der Waals surface area (Å²) in [5, 5.41) is 16.9. The second-order valence-corrected chi connectivity index (χ2v) is 7.56. The van der Waals surface area contributed by atoms with E-state index in [0.29, 0.717) is 5.92 Å². The summed E-state index contributed by atoms with van der Waals surface area (Å²) < 4.78 is 6.02. The second-order valence-electron chi connectivity index (χ2n) is 7.56. The fourth-order valence-corrected chi connectivity index (χ4v) is 3.67. The molecule has 1 aromatic heterocycles. The van der Waals surface area contributed by atoms with Crippen LogP contribution < -0.4 is 15.4 Å². The van der Waals surface area contributed by atoms with E-state index in [1.54, 1.807) is 6.33 Å². The molecule has 29 heavy (non-hydrogen) atoms. The van der Waals surface area contributed by atoms with Gasteiger partial charge in [-0.3, -0.25) is 0 Å². The first-order valence-corrected chi connectivity index (χ1v) is 10.3.